The molecule has 1 aliphatic rings. The number of aliphatic carboxylic acids is 2. The Morgan fingerprint density at radius 2 is 1.93 bits per heavy atom. The molecular formula is C9H11FO4. The van der Waals surface area contributed by atoms with E-state index in [1.165, 1.54) is 19.1 Å². The van der Waals surface area contributed by atoms with E-state index >= 15 is 0 Å². The van der Waals surface area contributed by atoms with Gasteiger partial charge >= 0.3 is 11.9 Å². The van der Waals surface area contributed by atoms with Gasteiger partial charge in [0.2, 0.25) is 5.67 Å². The van der Waals surface area contributed by atoms with Crippen molar-refractivity contribution in [2.24, 2.45) is 5.41 Å². The third kappa shape index (κ3) is 1.62. The molecule has 0 amide bonds. The van der Waals surface area contributed by atoms with E-state index < -0.39 is 29.4 Å². The van der Waals surface area contributed by atoms with E-state index in [-0.39, 0.29) is 6.42 Å². The van der Waals surface area contributed by atoms with Crippen LogP contribution in [0.3, 0.4) is 0 Å². The van der Waals surface area contributed by atoms with E-state index in [1.54, 1.807) is 0 Å². The minimum atomic E-state index is -2.46. The molecule has 2 unspecified atom stereocenters. The molecule has 5 heteroatoms. The smallest absolute Gasteiger partial charge is 0.341 e. The van der Waals surface area contributed by atoms with Crippen LogP contribution in [0.1, 0.15) is 19.8 Å². The number of halogens is 1. The van der Waals surface area contributed by atoms with Gasteiger partial charge in [-0.25, -0.2) is 9.18 Å². The Hall–Kier alpha value is -1.39. The van der Waals surface area contributed by atoms with Crippen LogP contribution in [-0.4, -0.2) is 27.8 Å². The fourth-order valence-corrected chi connectivity index (χ4v) is 1.53. The van der Waals surface area contributed by atoms with Crippen LogP contribution in [0.25, 0.3) is 0 Å². The summed E-state index contributed by atoms with van der Waals surface area (Å²) in [4.78, 5) is 21.4. The number of rotatable bonds is 2. The second kappa shape index (κ2) is 3.08. The first-order valence-electron chi connectivity index (χ1n) is 4.14. The average Bonchev–Trinajstić information content (AvgIpc) is 2.03. The van der Waals surface area contributed by atoms with Crippen LogP contribution in [0.15, 0.2) is 12.2 Å². The van der Waals surface area contributed by atoms with Gasteiger partial charge in [0.05, 0.1) is 5.41 Å². The third-order valence-corrected chi connectivity index (χ3v) is 2.45. The first-order valence-corrected chi connectivity index (χ1v) is 4.14. The minimum Gasteiger partial charge on any atom is -0.481 e. The lowest BCUT2D eigenvalue weighted by Crippen LogP contribution is -2.43. The molecular weight excluding hydrogens is 191 g/mol. The summed E-state index contributed by atoms with van der Waals surface area (Å²) in [7, 11) is 0. The van der Waals surface area contributed by atoms with Crippen molar-refractivity contribution < 1.29 is 24.2 Å². The zero-order chi connectivity index (χ0) is 11.0. The lowest BCUT2D eigenvalue weighted by Gasteiger charge is -2.32. The van der Waals surface area contributed by atoms with Gasteiger partial charge in [0.1, 0.15) is 0 Å². The van der Waals surface area contributed by atoms with Crippen molar-refractivity contribution in [2.75, 3.05) is 0 Å². The van der Waals surface area contributed by atoms with Gasteiger partial charge in [0.25, 0.3) is 0 Å². The van der Waals surface area contributed by atoms with Crippen molar-refractivity contribution in [3.63, 3.8) is 0 Å². The standard InChI is InChI=1S/C9H11FO4/c1-8(6(11)12)3-2-4-9(10,5-8)7(13)14/h2-3H,4-5H2,1H3,(H,11,12)(H,13,14). The van der Waals surface area contributed by atoms with Gasteiger partial charge in [-0.05, 0) is 6.92 Å². The lowest BCUT2D eigenvalue weighted by atomic mass is 9.74. The van der Waals surface area contributed by atoms with Gasteiger partial charge in [0, 0.05) is 12.8 Å². The number of carbonyl (C=O) groups is 2. The Balaban J connectivity index is 3.00. The molecule has 0 heterocycles. The van der Waals surface area contributed by atoms with Gasteiger partial charge in [0.15, 0.2) is 0 Å². The van der Waals surface area contributed by atoms with Crippen LogP contribution >= 0.6 is 0 Å². The maximum Gasteiger partial charge on any atom is 0.341 e. The molecule has 0 saturated carbocycles. The zero-order valence-corrected chi connectivity index (χ0v) is 7.66. The molecule has 0 saturated heterocycles. The molecule has 4 nitrogen and oxygen atoms in total. The highest BCUT2D eigenvalue weighted by molar-refractivity contribution is 5.82. The normalized spacial score (nSPS) is 36.7. The van der Waals surface area contributed by atoms with Gasteiger partial charge in [-0.2, -0.15) is 0 Å². The molecule has 1 aliphatic carbocycles. The van der Waals surface area contributed by atoms with Gasteiger partial charge in [-0.1, -0.05) is 12.2 Å². The quantitative estimate of drug-likeness (QED) is 0.660. The Morgan fingerprint density at radius 1 is 1.36 bits per heavy atom. The third-order valence-electron chi connectivity index (χ3n) is 2.45. The van der Waals surface area contributed by atoms with Crippen molar-refractivity contribution in [1.29, 1.82) is 0 Å². The zero-order valence-electron chi connectivity index (χ0n) is 7.66. The second-order valence-electron chi connectivity index (χ2n) is 3.78. The van der Waals surface area contributed by atoms with Gasteiger partial charge < -0.3 is 10.2 Å². The first-order chi connectivity index (χ1) is 6.30. The van der Waals surface area contributed by atoms with E-state index in [0.717, 1.165) is 0 Å². The number of allylic oxidation sites excluding steroid dienone is 1. The molecule has 1 rings (SSSR count). The van der Waals surface area contributed by atoms with Crippen molar-refractivity contribution >= 4 is 11.9 Å². The number of hydrogen-bond acceptors (Lipinski definition) is 2. The van der Waals surface area contributed by atoms with Crippen molar-refractivity contribution in [3.05, 3.63) is 12.2 Å². The minimum absolute atomic E-state index is 0.273. The molecule has 0 spiro atoms. The van der Waals surface area contributed by atoms with E-state index in [2.05, 4.69) is 0 Å². The van der Waals surface area contributed by atoms with E-state index in [0.29, 0.717) is 0 Å². The average molecular weight is 202 g/mol. The number of carboxylic acids is 2. The Bertz CT molecular complexity index is 312. The van der Waals surface area contributed by atoms with Gasteiger partial charge in [-0.15, -0.1) is 0 Å². The topological polar surface area (TPSA) is 74.6 Å². The molecule has 2 atom stereocenters. The monoisotopic (exact) mass is 202 g/mol. The highest BCUT2D eigenvalue weighted by Gasteiger charge is 2.49. The molecule has 0 bridgehead atoms. The van der Waals surface area contributed by atoms with E-state index in [1.807, 2.05) is 0 Å². The summed E-state index contributed by atoms with van der Waals surface area (Å²) in [5, 5.41) is 17.4. The number of alkyl halides is 1. The molecule has 0 aromatic rings. The SMILES string of the molecule is CC1(C(=O)O)C=CCC(F)(C(=O)O)C1. The predicted octanol–water partition coefficient (Wildman–Crippen LogP) is 1.22. The Kier molecular flexibility index (Phi) is 2.35. The highest BCUT2D eigenvalue weighted by Crippen LogP contribution is 2.39. The first kappa shape index (κ1) is 10.7. The molecule has 14 heavy (non-hydrogen) atoms. The van der Waals surface area contributed by atoms with Crippen LogP contribution in [0, 0.1) is 5.41 Å². The van der Waals surface area contributed by atoms with Crippen LogP contribution in [0.4, 0.5) is 4.39 Å². The van der Waals surface area contributed by atoms with Crippen molar-refractivity contribution in [1.82, 2.24) is 0 Å². The highest BCUT2D eigenvalue weighted by atomic mass is 19.1. The van der Waals surface area contributed by atoms with Crippen molar-refractivity contribution in [2.45, 2.75) is 25.4 Å². The van der Waals surface area contributed by atoms with Gasteiger partial charge in [-0.3, -0.25) is 4.79 Å². The summed E-state index contributed by atoms with van der Waals surface area (Å²) in [6.07, 6.45) is 1.81. The van der Waals surface area contributed by atoms with Crippen molar-refractivity contribution in [3.8, 4) is 0 Å². The second-order valence-corrected chi connectivity index (χ2v) is 3.78. The lowest BCUT2D eigenvalue weighted by molar-refractivity contribution is -0.157. The van der Waals surface area contributed by atoms with Crippen LogP contribution in [0.2, 0.25) is 0 Å². The molecule has 0 aromatic heterocycles. The summed E-state index contributed by atoms with van der Waals surface area (Å²) in [5.74, 6) is -2.81. The molecule has 0 radical (unpaired) electrons. The summed E-state index contributed by atoms with van der Waals surface area (Å²) in [6, 6.07) is 0. The Labute approximate surface area is 80.0 Å². The molecule has 0 aliphatic heterocycles. The van der Waals surface area contributed by atoms with Crippen LogP contribution in [0.5, 0.6) is 0 Å². The molecule has 0 fully saturated rings. The maximum absolute atomic E-state index is 13.6. The summed E-state index contributed by atoms with van der Waals surface area (Å²) in [6.45, 7) is 1.31. The fourth-order valence-electron chi connectivity index (χ4n) is 1.53. The van der Waals surface area contributed by atoms with Crippen LogP contribution in [-0.2, 0) is 9.59 Å². The largest absolute Gasteiger partial charge is 0.481 e. The summed E-state index contributed by atoms with van der Waals surface area (Å²) in [5.41, 5.74) is -3.88. The summed E-state index contributed by atoms with van der Waals surface area (Å²) < 4.78 is 13.6. The predicted molar refractivity (Wildman–Crippen MR) is 45.6 cm³/mol. The molecule has 78 valence electrons. The van der Waals surface area contributed by atoms with Crippen LogP contribution < -0.4 is 0 Å². The summed E-state index contributed by atoms with van der Waals surface area (Å²) >= 11 is 0. The molecule has 2 N–H and O–H groups in total. The Morgan fingerprint density at radius 3 is 2.36 bits per heavy atom. The van der Waals surface area contributed by atoms with E-state index in [9.17, 15) is 14.0 Å². The number of carboxylic acid groups (broad SMARTS) is 2. The molecule has 0 aromatic carbocycles. The fraction of sp³-hybridized carbons (Fsp3) is 0.556. The maximum atomic E-state index is 13.6. The van der Waals surface area contributed by atoms with E-state index in [4.69, 9.17) is 10.2 Å². The number of hydrogen-bond donors (Lipinski definition) is 2.